The molecule has 0 saturated carbocycles. The molecule has 0 aliphatic rings. The minimum Gasteiger partial charge on any atom is -0.496 e. The Labute approximate surface area is 113 Å². The Hall–Kier alpha value is -1.49. The number of hydrogen-bond donors (Lipinski definition) is 0. The normalized spacial score (nSPS) is 11.9. The van der Waals surface area contributed by atoms with Crippen LogP contribution in [0.2, 0.25) is 0 Å². The number of hydrogen-bond acceptors (Lipinski definition) is 3. The van der Waals surface area contributed by atoms with Crippen molar-refractivity contribution >= 4 is 20.7 Å². The van der Waals surface area contributed by atoms with Gasteiger partial charge in [-0.25, -0.2) is 8.42 Å². The van der Waals surface area contributed by atoms with Crippen LogP contribution in [0.3, 0.4) is 0 Å². The molecule has 1 heterocycles. The maximum Gasteiger partial charge on any atom is 0.152 e. The molecule has 0 atom stereocenters. The maximum atomic E-state index is 11.7. The van der Waals surface area contributed by atoms with Gasteiger partial charge in [-0.1, -0.05) is 13.0 Å². The first-order valence-corrected chi connectivity index (χ1v) is 8.22. The molecular formula is C14H19NO3S. The summed E-state index contributed by atoms with van der Waals surface area (Å²) >= 11 is 0. The van der Waals surface area contributed by atoms with E-state index in [1.54, 1.807) is 7.11 Å². The van der Waals surface area contributed by atoms with Crippen molar-refractivity contribution in [2.75, 3.05) is 18.6 Å². The smallest absolute Gasteiger partial charge is 0.152 e. The van der Waals surface area contributed by atoms with Crippen molar-refractivity contribution in [3.63, 3.8) is 0 Å². The van der Waals surface area contributed by atoms with E-state index < -0.39 is 9.84 Å². The number of sulfone groups is 1. The molecule has 0 saturated heterocycles. The molecule has 4 nitrogen and oxygen atoms in total. The van der Waals surface area contributed by atoms with Gasteiger partial charge in [0.25, 0.3) is 0 Å². The van der Waals surface area contributed by atoms with Crippen molar-refractivity contribution < 1.29 is 13.2 Å². The molecule has 2 rings (SSSR count). The van der Waals surface area contributed by atoms with Crippen LogP contribution in [0, 0.1) is 0 Å². The minimum absolute atomic E-state index is 0.182. The van der Waals surface area contributed by atoms with E-state index in [9.17, 15) is 8.42 Å². The largest absolute Gasteiger partial charge is 0.496 e. The molecular weight excluding hydrogens is 262 g/mol. The summed E-state index contributed by atoms with van der Waals surface area (Å²) in [5, 5.41) is 1.01. The van der Waals surface area contributed by atoms with E-state index in [2.05, 4.69) is 0 Å². The Kier molecular flexibility index (Phi) is 4.14. The van der Waals surface area contributed by atoms with Crippen molar-refractivity contribution in [3.05, 3.63) is 30.5 Å². The Morgan fingerprint density at radius 1 is 1.21 bits per heavy atom. The van der Waals surface area contributed by atoms with Crippen molar-refractivity contribution in [2.45, 2.75) is 19.9 Å². The molecule has 2 aromatic rings. The molecule has 1 aromatic heterocycles. The predicted molar refractivity (Wildman–Crippen MR) is 77.4 cm³/mol. The monoisotopic (exact) mass is 281 g/mol. The first kappa shape index (κ1) is 13.9. The average molecular weight is 281 g/mol. The molecule has 5 heteroatoms. The fraction of sp³-hybridized carbons (Fsp3) is 0.429. The third-order valence-corrected chi connectivity index (χ3v) is 4.99. The van der Waals surface area contributed by atoms with Gasteiger partial charge >= 0.3 is 0 Å². The molecule has 0 unspecified atom stereocenters. The zero-order valence-corrected chi connectivity index (χ0v) is 12.1. The van der Waals surface area contributed by atoms with Gasteiger partial charge in [-0.2, -0.15) is 0 Å². The molecule has 0 spiro atoms. The van der Waals surface area contributed by atoms with Gasteiger partial charge < -0.3 is 9.30 Å². The van der Waals surface area contributed by atoms with Gasteiger partial charge in [-0.3, -0.25) is 0 Å². The third kappa shape index (κ3) is 3.10. The van der Waals surface area contributed by atoms with Gasteiger partial charge in [-0.05, 0) is 24.6 Å². The van der Waals surface area contributed by atoms with Crippen molar-refractivity contribution in [1.29, 1.82) is 0 Å². The molecule has 104 valence electrons. The quantitative estimate of drug-likeness (QED) is 0.817. The lowest BCUT2D eigenvalue weighted by Crippen LogP contribution is -2.15. The number of ether oxygens (including phenoxy) is 1. The molecule has 0 radical (unpaired) electrons. The first-order chi connectivity index (χ1) is 9.07. The van der Waals surface area contributed by atoms with Crippen LogP contribution < -0.4 is 4.74 Å². The zero-order valence-electron chi connectivity index (χ0n) is 11.3. The standard InChI is InChI=1S/C14H19NO3S/c1-3-10-19(16,17)11-9-15-8-7-12-13(15)5-4-6-14(12)18-2/h4-8H,3,9-11H2,1-2H3. The van der Waals surface area contributed by atoms with Crippen LogP contribution in [0.15, 0.2) is 30.5 Å². The highest BCUT2D eigenvalue weighted by molar-refractivity contribution is 7.91. The highest BCUT2D eigenvalue weighted by Gasteiger charge is 2.11. The van der Waals surface area contributed by atoms with Crippen molar-refractivity contribution in [3.8, 4) is 5.75 Å². The van der Waals surface area contributed by atoms with Gasteiger partial charge in [0.15, 0.2) is 9.84 Å². The van der Waals surface area contributed by atoms with Crippen LogP contribution in [-0.2, 0) is 16.4 Å². The van der Waals surface area contributed by atoms with E-state index in [1.807, 2.05) is 42.0 Å². The number of nitrogens with zero attached hydrogens (tertiary/aromatic N) is 1. The molecule has 0 bridgehead atoms. The second-order valence-corrected chi connectivity index (χ2v) is 6.86. The number of aryl methyl sites for hydroxylation is 1. The fourth-order valence-corrected chi connectivity index (χ4v) is 3.52. The summed E-state index contributed by atoms with van der Waals surface area (Å²) in [6, 6.07) is 7.75. The lowest BCUT2D eigenvalue weighted by Gasteiger charge is -2.07. The van der Waals surface area contributed by atoms with Crippen molar-refractivity contribution in [2.24, 2.45) is 0 Å². The van der Waals surface area contributed by atoms with Gasteiger partial charge in [0.1, 0.15) is 5.75 Å². The highest BCUT2D eigenvalue weighted by atomic mass is 32.2. The summed E-state index contributed by atoms with van der Waals surface area (Å²) in [6.45, 7) is 2.37. The van der Waals surface area contributed by atoms with Gasteiger partial charge in [0, 0.05) is 23.9 Å². The molecule has 0 N–H and O–H groups in total. The fourth-order valence-electron chi connectivity index (χ4n) is 2.22. The van der Waals surface area contributed by atoms with E-state index in [0.717, 1.165) is 16.7 Å². The highest BCUT2D eigenvalue weighted by Crippen LogP contribution is 2.26. The lowest BCUT2D eigenvalue weighted by atomic mass is 10.2. The molecule has 19 heavy (non-hydrogen) atoms. The first-order valence-electron chi connectivity index (χ1n) is 6.39. The summed E-state index contributed by atoms with van der Waals surface area (Å²) in [6.07, 6.45) is 2.58. The van der Waals surface area contributed by atoms with Crippen LogP contribution in [0.25, 0.3) is 10.9 Å². The van der Waals surface area contributed by atoms with E-state index >= 15 is 0 Å². The number of methoxy groups -OCH3 is 1. The van der Waals surface area contributed by atoms with Crippen molar-refractivity contribution in [1.82, 2.24) is 4.57 Å². The number of benzene rings is 1. The molecule has 0 amide bonds. The van der Waals surface area contributed by atoms with Crippen LogP contribution >= 0.6 is 0 Å². The minimum atomic E-state index is -2.94. The molecule has 1 aromatic carbocycles. The summed E-state index contributed by atoms with van der Waals surface area (Å²) in [4.78, 5) is 0. The van der Waals surface area contributed by atoms with E-state index in [-0.39, 0.29) is 11.5 Å². The molecule has 0 aliphatic heterocycles. The van der Waals surface area contributed by atoms with E-state index in [0.29, 0.717) is 13.0 Å². The van der Waals surface area contributed by atoms with Crippen LogP contribution in [0.1, 0.15) is 13.3 Å². The summed E-state index contributed by atoms with van der Waals surface area (Å²) < 4.78 is 30.8. The van der Waals surface area contributed by atoms with Gasteiger partial charge in [0.2, 0.25) is 0 Å². The summed E-state index contributed by atoms with van der Waals surface area (Å²) in [5.74, 6) is 1.25. The van der Waals surface area contributed by atoms with Gasteiger partial charge in [-0.15, -0.1) is 0 Å². The molecule has 0 fully saturated rings. The summed E-state index contributed by atoms with van der Waals surface area (Å²) in [5.41, 5.74) is 1.01. The average Bonchev–Trinajstić information content (AvgIpc) is 2.79. The van der Waals surface area contributed by atoms with E-state index in [4.69, 9.17) is 4.74 Å². The van der Waals surface area contributed by atoms with E-state index in [1.165, 1.54) is 0 Å². The summed E-state index contributed by atoms with van der Waals surface area (Å²) in [7, 11) is -1.31. The second kappa shape index (κ2) is 5.65. The SMILES string of the molecule is CCCS(=O)(=O)CCn1ccc2c(OC)cccc21. The number of fused-ring (bicyclic) bond motifs is 1. The maximum absolute atomic E-state index is 11.7. The Bertz CT molecular complexity index is 658. The predicted octanol–water partition coefficient (Wildman–Crippen LogP) is 2.47. The lowest BCUT2D eigenvalue weighted by molar-refractivity contribution is 0.420. The topological polar surface area (TPSA) is 48.3 Å². The Balaban J connectivity index is 2.23. The van der Waals surface area contributed by atoms with Gasteiger partial charge in [0.05, 0.1) is 18.4 Å². The molecule has 0 aliphatic carbocycles. The van der Waals surface area contributed by atoms with Crippen LogP contribution in [0.4, 0.5) is 0 Å². The zero-order chi connectivity index (χ0) is 13.9. The second-order valence-electron chi connectivity index (χ2n) is 4.55. The Morgan fingerprint density at radius 2 is 2.00 bits per heavy atom. The van der Waals surface area contributed by atoms with Crippen LogP contribution in [-0.4, -0.2) is 31.6 Å². The number of aromatic nitrogens is 1. The van der Waals surface area contributed by atoms with Crippen LogP contribution in [0.5, 0.6) is 5.75 Å². The number of rotatable bonds is 6. The third-order valence-electron chi connectivity index (χ3n) is 3.15. The Morgan fingerprint density at radius 3 is 2.68 bits per heavy atom.